The minimum atomic E-state index is 0.121. The molecular weight excluding hydrogens is 268 g/mol. The van der Waals surface area contributed by atoms with E-state index in [0.717, 1.165) is 51.9 Å². The molecule has 0 spiro atoms. The molecule has 0 aromatic heterocycles. The van der Waals surface area contributed by atoms with Gasteiger partial charge >= 0.3 is 0 Å². The average molecular weight is 296 g/mol. The molecule has 0 atom stereocenters. The molecule has 0 aromatic carbocycles. The van der Waals surface area contributed by atoms with Gasteiger partial charge in [-0.2, -0.15) is 0 Å². The summed E-state index contributed by atoms with van der Waals surface area (Å²) in [5, 5.41) is 0. The van der Waals surface area contributed by atoms with Gasteiger partial charge in [-0.3, -0.25) is 14.5 Å². The summed E-state index contributed by atoms with van der Waals surface area (Å²) in [7, 11) is 3.55. The van der Waals surface area contributed by atoms with Crippen LogP contribution in [-0.2, 0) is 9.59 Å². The maximum absolute atomic E-state index is 12.5. The lowest BCUT2D eigenvalue weighted by atomic mass is 9.85. The summed E-state index contributed by atoms with van der Waals surface area (Å²) in [6.07, 6.45) is 3.79. The normalized spacial score (nSPS) is 27.5. The van der Waals surface area contributed by atoms with Crippen molar-refractivity contribution in [1.82, 2.24) is 14.7 Å². The molecule has 0 radical (unpaired) electrons. The Morgan fingerprint density at radius 1 is 1.05 bits per heavy atom. The number of carbonyl (C=O) groups is 2. The number of nitrogens with two attached hydrogens (primary N) is 1. The van der Waals surface area contributed by atoms with Crippen LogP contribution in [0.4, 0.5) is 0 Å². The first-order valence-electron chi connectivity index (χ1n) is 7.94. The second-order valence-corrected chi connectivity index (χ2v) is 6.50. The van der Waals surface area contributed by atoms with Crippen molar-refractivity contribution in [2.24, 2.45) is 11.7 Å². The third-order valence-electron chi connectivity index (χ3n) is 4.66. The lowest BCUT2D eigenvalue weighted by molar-refractivity contribution is -0.139. The van der Waals surface area contributed by atoms with Gasteiger partial charge in [-0.15, -0.1) is 0 Å². The van der Waals surface area contributed by atoms with Gasteiger partial charge in [-0.05, 0) is 25.7 Å². The fraction of sp³-hybridized carbons (Fsp3) is 0.867. The van der Waals surface area contributed by atoms with Gasteiger partial charge in [0.05, 0.1) is 6.54 Å². The van der Waals surface area contributed by atoms with E-state index >= 15 is 0 Å². The molecule has 6 nitrogen and oxygen atoms in total. The number of hydrogen-bond donors (Lipinski definition) is 1. The van der Waals surface area contributed by atoms with Crippen molar-refractivity contribution in [3.63, 3.8) is 0 Å². The maximum atomic E-state index is 12.5. The van der Waals surface area contributed by atoms with E-state index in [0.29, 0.717) is 12.5 Å². The van der Waals surface area contributed by atoms with Crippen LogP contribution in [-0.4, -0.2) is 79.4 Å². The molecule has 1 saturated heterocycles. The largest absolute Gasteiger partial charge is 0.348 e. The fourth-order valence-corrected chi connectivity index (χ4v) is 3.08. The van der Waals surface area contributed by atoms with Gasteiger partial charge in [0.2, 0.25) is 11.8 Å². The molecule has 2 rings (SSSR count). The molecule has 2 N–H and O–H groups in total. The molecule has 0 bridgehead atoms. The highest BCUT2D eigenvalue weighted by Crippen LogP contribution is 2.25. The number of nitrogens with zero attached hydrogens (tertiary/aromatic N) is 3. The van der Waals surface area contributed by atoms with E-state index in [4.69, 9.17) is 5.73 Å². The quantitative estimate of drug-likeness (QED) is 0.779. The van der Waals surface area contributed by atoms with Crippen molar-refractivity contribution in [2.75, 3.05) is 46.8 Å². The summed E-state index contributed by atoms with van der Waals surface area (Å²) in [6, 6.07) is 0.281. The topological polar surface area (TPSA) is 69.9 Å². The second kappa shape index (κ2) is 7.22. The highest BCUT2D eigenvalue weighted by Gasteiger charge is 2.30. The molecule has 1 aliphatic carbocycles. The van der Waals surface area contributed by atoms with E-state index in [1.54, 1.807) is 19.0 Å². The van der Waals surface area contributed by atoms with Crippen LogP contribution in [0.1, 0.15) is 25.7 Å². The van der Waals surface area contributed by atoms with Gasteiger partial charge in [0.25, 0.3) is 0 Å². The summed E-state index contributed by atoms with van der Waals surface area (Å²) in [4.78, 5) is 29.9. The summed E-state index contributed by atoms with van der Waals surface area (Å²) in [6.45, 7) is 3.51. The van der Waals surface area contributed by atoms with Gasteiger partial charge in [0.15, 0.2) is 0 Å². The molecule has 1 saturated carbocycles. The van der Waals surface area contributed by atoms with E-state index in [1.165, 1.54) is 0 Å². The zero-order valence-electron chi connectivity index (χ0n) is 13.3. The predicted octanol–water partition coefficient (Wildman–Crippen LogP) is -0.264. The number of carbonyl (C=O) groups excluding carboxylic acids is 2. The Kier molecular flexibility index (Phi) is 5.58. The van der Waals surface area contributed by atoms with Crippen molar-refractivity contribution >= 4 is 11.8 Å². The van der Waals surface area contributed by atoms with Crippen LogP contribution >= 0.6 is 0 Å². The molecule has 1 heterocycles. The Labute approximate surface area is 127 Å². The Morgan fingerprint density at radius 2 is 1.62 bits per heavy atom. The summed E-state index contributed by atoms with van der Waals surface area (Å²) in [5.74, 6) is 0.580. The third-order valence-corrected chi connectivity index (χ3v) is 4.66. The van der Waals surface area contributed by atoms with Crippen LogP contribution in [0.3, 0.4) is 0 Å². The highest BCUT2D eigenvalue weighted by molar-refractivity contribution is 5.79. The molecule has 2 fully saturated rings. The lowest BCUT2D eigenvalue weighted by Gasteiger charge is -2.37. The van der Waals surface area contributed by atoms with E-state index in [2.05, 4.69) is 4.90 Å². The summed E-state index contributed by atoms with van der Waals surface area (Å²) >= 11 is 0. The molecule has 120 valence electrons. The van der Waals surface area contributed by atoms with Gasteiger partial charge in [-0.1, -0.05) is 0 Å². The van der Waals surface area contributed by atoms with E-state index in [9.17, 15) is 9.59 Å². The van der Waals surface area contributed by atoms with Crippen LogP contribution in [0.25, 0.3) is 0 Å². The maximum Gasteiger partial charge on any atom is 0.236 e. The number of likely N-dealkylation sites (N-methyl/N-ethyl adjacent to an activating group) is 1. The van der Waals surface area contributed by atoms with Crippen molar-refractivity contribution in [1.29, 1.82) is 0 Å². The number of rotatable bonds is 3. The lowest BCUT2D eigenvalue weighted by Crippen LogP contribution is -2.52. The SMILES string of the molecule is CN(C)C(=O)CN1CCN(C(=O)C2CCC(N)CC2)CC1. The van der Waals surface area contributed by atoms with Gasteiger partial charge in [0.1, 0.15) is 0 Å². The fourth-order valence-electron chi connectivity index (χ4n) is 3.08. The average Bonchev–Trinajstić information content (AvgIpc) is 2.48. The summed E-state index contributed by atoms with van der Waals surface area (Å²) in [5.41, 5.74) is 5.90. The molecule has 6 heteroatoms. The summed E-state index contributed by atoms with van der Waals surface area (Å²) < 4.78 is 0. The molecular formula is C15H28N4O2. The number of hydrogen-bond acceptors (Lipinski definition) is 4. The van der Waals surface area contributed by atoms with Crippen LogP contribution in [0.2, 0.25) is 0 Å². The number of piperazine rings is 1. The molecule has 0 unspecified atom stereocenters. The van der Waals surface area contributed by atoms with Gasteiger partial charge < -0.3 is 15.5 Å². The third kappa shape index (κ3) is 4.41. The monoisotopic (exact) mass is 296 g/mol. The molecule has 0 aromatic rings. The minimum absolute atomic E-state index is 0.121. The molecule has 2 amide bonds. The predicted molar refractivity (Wildman–Crippen MR) is 81.6 cm³/mol. The zero-order valence-corrected chi connectivity index (χ0v) is 13.3. The first kappa shape index (κ1) is 16.2. The smallest absolute Gasteiger partial charge is 0.236 e. The van der Waals surface area contributed by atoms with Gasteiger partial charge in [-0.25, -0.2) is 0 Å². The first-order valence-corrected chi connectivity index (χ1v) is 7.94. The second-order valence-electron chi connectivity index (χ2n) is 6.50. The molecule has 21 heavy (non-hydrogen) atoms. The van der Waals surface area contributed by atoms with Crippen LogP contribution in [0, 0.1) is 5.92 Å². The zero-order chi connectivity index (χ0) is 15.4. The molecule has 2 aliphatic rings. The number of amides is 2. The van der Waals surface area contributed by atoms with Crippen molar-refractivity contribution in [3.05, 3.63) is 0 Å². The Balaban J connectivity index is 1.75. The van der Waals surface area contributed by atoms with Crippen molar-refractivity contribution < 1.29 is 9.59 Å². The van der Waals surface area contributed by atoms with E-state index in [-0.39, 0.29) is 17.9 Å². The van der Waals surface area contributed by atoms with E-state index in [1.807, 2.05) is 4.90 Å². The Bertz CT molecular complexity index is 370. The van der Waals surface area contributed by atoms with Crippen LogP contribution in [0.15, 0.2) is 0 Å². The standard InChI is InChI=1S/C15H28N4O2/c1-17(2)14(20)11-18-7-9-19(10-8-18)15(21)12-3-5-13(16)6-4-12/h12-13H,3-11,16H2,1-2H3. The molecule has 1 aliphatic heterocycles. The highest BCUT2D eigenvalue weighted by atomic mass is 16.2. The Morgan fingerprint density at radius 3 is 2.14 bits per heavy atom. The van der Waals surface area contributed by atoms with Crippen molar-refractivity contribution in [2.45, 2.75) is 31.7 Å². The Hall–Kier alpha value is -1.14. The van der Waals surface area contributed by atoms with Crippen LogP contribution < -0.4 is 5.73 Å². The van der Waals surface area contributed by atoms with Crippen LogP contribution in [0.5, 0.6) is 0 Å². The minimum Gasteiger partial charge on any atom is -0.348 e. The van der Waals surface area contributed by atoms with E-state index < -0.39 is 0 Å². The van der Waals surface area contributed by atoms with Crippen molar-refractivity contribution in [3.8, 4) is 0 Å². The van der Waals surface area contributed by atoms with Gasteiger partial charge in [0, 0.05) is 52.2 Å². The first-order chi connectivity index (χ1) is 9.97.